The topological polar surface area (TPSA) is 43.4 Å². The zero-order valence-electron chi connectivity index (χ0n) is 9.71. The van der Waals surface area contributed by atoms with Crippen molar-refractivity contribution in [3.05, 3.63) is 6.42 Å². The number of ether oxygens (including phenoxy) is 1. The molecule has 1 rings (SSSR count). The Labute approximate surface area is 91.2 Å². The summed E-state index contributed by atoms with van der Waals surface area (Å²) in [6.07, 6.45) is 4.25. The zero-order chi connectivity index (χ0) is 11.5. The molecule has 0 aromatic rings. The van der Waals surface area contributed by atoms with Crippen molar-refractivity contribution < 1.29 is 14.3 Å². The Hall–Kier alpha value is -0.990. The molecule has 84 valence electrons. The third-order valence-electron chi connectivity index (χ3n) is 2.32. The second kappa shape index (κ2) is 4.69. The molecule has 1 aliphatic rings. The van der Waals surface area contributed by atoms with E-state index in [4.69, 9.17) is 4.74 Å². The summed E-state index contributed by atoms with van der Waals surface area (Å²) in [6.45, 7) is 5.58. The van der Waals surface area contributed by atoms with Crippen LogP contribution < -0.4 is 0 Å². The minimum atomic E-state index is -0.415. The van der Waals surface area contributed by atoms with Crippen LogP contribution in [-0.2, 0) is 14.3 Å². The molecular formula is C12H19O3+. The summed E-state index contributed by atoms with van der Waals surface area (Å²) in [5, 5.41) is 0. The first kappa shape index (κ1) is 12.1. The van der Waals surface area contributed by atoms with E-state index in [1.54, 1.807) is 0 Å². The summed E-state index contributed by atoms with van der Waals surface area (Å²) < 4.78 is 5.22. The number of hydrogen-bond donors (Lipinski definition) is 0. The van der Waals surface area contributed by atoms with Crippen molar-refractivity contribution in [2.75, 3.05) is 0 Å². The van der Waals surface area contributed by atoms with Gasteiger partial charge in [-0.05, 0) is 27.2 Å². The zero-order valence-corrected chi connectivity index (χ0v) is 9.71. The van der Waals surface area contributed by atoms with Gasteiger partial charge in [-0.2, -0.15) is 0 Å². The fourth-order valence-electron chi connectivity index (χ4n) is 1.65. The van der Waals surface area contributed by atoms with Gasteiger partial charge in [0.1, 0.15) is 17.9 Å². The second-order valence-electron chi connectivity index (χ2n) is 5.07. The van der Waals surface area contributed by atoms with Crippen molar-refractivity contribution in [3.63, 3.8) is 0 Å². The Morgan fingerprint density at radius 1 is 1.53 bits per heavy atom. The van der Waals surface area contributed by atoms with Crippen molar-refractivity contribution in [1.29, 1.82) is 0 Å². The van der Waals surface area contributed by atoms with Crippen molar-refractivity contribution in [3.8, 4) is 0 Å². The molecule has 1 atom stereocenters. The number of carbonyl (C=O) groups is 2. The predicted octanol–water partition coefficient (Wildman–Crippen LogP) is 2.29. The molecular weight excluding hydrogens is 192 g/mol. The highest BCUT2D eigenvalue weighted by atomic mass is 16.6. The number of ketones is 1. The molecule has 0 heterocycles. The van der Waals surface area contributed by atoms with Crippen LogP contribution in [0.25, 0.3) is 0 Å². The van der Waals surface area contributed by atoms with E-state index < -0.39 is 5.60 Å². The summed E-state index contributed by atoms with van der Waals surface area (Å²) in [5.74, 6) is 0.325. The average Bonchev–Trinajstić information content (AvgIpc) is 2.05. The van der Waals surface area contributed by atoms with Gasteiger partial charge in [0.05, 0.1) is 12.8 Å². The smallest absolute Gasteiger partial charge is 0.310 e. The molecule has 0 N–H and O–H groups in total. The first-order valence-corrected chi connectivity index (χ1v) is 5.44. The van der Waals surface area contributed by atoms with Gasteiger partial charge in [-0.1, -0.05) is 0 Å². The molecule has 3 nitrogen and oxygen atoms in total. The van der Waals surface area contributed by atoms with E-state index in [1.807, 2.05) is 27.2 Å². The van der Waals surface area contributed by atoms with Crippen molar-refractivity contribution in [2.45, 2.75) is 52.1 Å². The predicted molar refractivity (Wildman–Crippen MR) is 57.1 cm³/mol. The van der Waals surface area contributed by atoms with E-state index in [0.717, 1.165) is 6.42 Å². The van der Waals surface area contributed by atoms with Crippen LogP contribution in [0.15, 0.2) is 0 Å². The van der Waals surface area contributed by atoms with Crippen molar-refractivity contribution in [2.24, 2.45) is 5.92 Å². The standard InChI is InChI=1S/C12H19O3/c1-12(2,3)15-11(14)8-9-4-6-10(13)7-5-9/h4,9H,5-8H2,1-3H3/q+1. The molecule has 0 bridgehead atoms. The molecule has 0 saturated heterocycles. The minimum absolute atomic E-state index is 0.168. The number of Topliss-reactive ketones (excluding diaryl/α,β-unsaturated/α-hetero) is 1. The molecule has 0 aromatic carbocycles. The maximum atomic E-state index is 11.5. The van der Waals surface area contributed by atoms with Crippen LogP contribution in [0.1, 0.15) is 46.5 Å². The lowest BCUT2D eigenvalue weighted by Crippen LogP contribution is -2.26. The number of carbonyl (C=O) groups excluding carboxylic acids is 2. The van der Waals surface area contributed by atoms with Gasteiger partial charge in [-0.15, -0.1) is 0 Å². The normalized spacial score (nSPS) is 22.1. The lowest BCUT2D eigenvalue weighted by Gasteiger charge is -2.20. The molecule has 0 radical (unpaired) electrons. The van der Waals surface area contributed by atoms with Crippen molar-refractivity contribution in [1.82, 2.24) is 0 Å². The Morgan fingerprint density at radius 3 is 2.67 bits per heavy atom. The average molecular weight is 211 g/mol. The van der Waals surface area contributed by atoms with E-state index >= 15 is 0 Å². The monoisotopic (exact) mass is 211 g/mol. The Kier molecular flexibility index (Phi) is 3.77. The maximum Gasteiger partial charge on any atom is 0.310 e. The van der Waals surface area contributed by atoms with Crippen LogP contribution in [0.3, 0.4) is 0 Å². The summed E-state index contributed by atoms with van der Waals surface area (Å²) in [7, 11) is 0. The molecule has 1 unspecified atom stereocenters. The summed E-state index contributed by atoms with van der Waals surface area (Å²) >= 11 is 0. The molecule has 1 fully saturated rings. The maximum absolute atomic E-state index is 11.5. The number of hydrogen-bond acceptors (Lipinski definition) is 3. The highest BCUT2D eigenvalue weighted by Gasteiger charge is 2.30. The van der Waals surface area contributed by atoms with Crippen LogP contribution in [0.5, 0.6) is 0 Å². The van der Waals surface area contributed by atoms with E-state index in [1.165, 1.54) is 0 Å². The third-order valence-corrected chi connectivity index (χ3v) is 2.32. The van der Waals surface area contributed by atoms with Crippen LogP contribution in [0.2, 0.25) is 0 Å². The molecule has 0 amide bonds. The summed E-state index contributed by atoms with van der Waals surface area (Å²) in [6, 6.07) is 0. The molecule has 0 spiro atoms. The minimum Gasteiger partial charge on any atom is -0.460 e. The number of rotatable bonds is 2. The SMILES string of the molecule is CC(C)(C)OC(=O)CC1[CH+]CC(=O)CC1. The Balaban J connectivity index is 2.29. The molecule has 1 saturated carbocycles. The van der Waals surface area contributed by atoms with Crippen LogP contribution in [0, 0.1) is 12.3 Å². The van der Waals surface area contributed by atoms with Crippen LogP contribution >= 0.6 is 0 Å². The van der Waals surface area contributed by atoms with E-state index in [9.17, 15) is 9.59 Å². The van der Waals surface area contributed by atoms with Gasteiger partial charge in [-0.3, -0.25) is 9.59 Å². The van der Waals surface area contributed by atoms with Gasteiger partial charge in [0.2, 0.25) is 0 Å². The van der Waals surface area contributed by atoms with Gasteiger partial charge in [0.15, 0.2) is 5.78 Å². The van der Waals surface area contributed by atoms with E-state index in [0.29, 0.717) is 19.3 Å². The molecule has 3 heteroatoms. The number of esters is 1. The first-order valence-electron chi connectivity index (χ1n) is 5.44. The summed E-state index contributed by atoms with van der Waals surface area (Å²) in [4.78, 5) is 22.5. The van der Waals surface area contributed by atoms with E-state index in [-0.39, 0.29) is 17.7 Å². The van der Waals surface area contributed by atoms with Gasteiger partial charge >= 0.3 is 5.97 Å². The second-order valence-corrected chi connectivity index (χ2v) is 5.07. The fraction of sp³-hybridized carbons (Fsp3) is 0.750. The van der Waals surface area contributed by atoms with Crippen LogP contribution in [0.4, 0.5) is 0 Å². The highest BCUT2D eigenvalue weighted by Crippen LogP contribution is 2.24. The lowest BCUT2D eigenvalue weighted by atomic mass is 9.86. The molecule has 0 aliphatic heterocycles. The fourth-order valence-corrected chi connectivity index (χ4v) is 1.65. The van der Waals surface area contributed by atoms with E-state index in [2.05, 4.69) is 0 Å². The van der Waals surface area contributed by atoms with Gasteiger partial charge in [0.25, 0.3) is 0 Å². The van der Waals surface area contributed by atoms with Gasteiger partial charge in [0, 0.05) is 6.42 Å². The van der Waals surface area contributed by atoms with Crippen molar-refractivity contribution >= 4 is 11.8 Å². The molecule has 0 aromatic heterocycles. The summed E-state index contributed by atoms with van der Waals surface area (Å²) in [5.41, 5.74) is -0.415. The van der Waals surface area contributed by atoms with Gasteiger partial charge < -0.3 is 4.74 Å². The molecule has 1 aliphatic carbocycles. The first-order chi connectivity index (χ1) is 6.87. The Morgan fingerprint density at radius 2 is 2.20 bits per heavy atom. The van der Waals surface area contributed by atoms with Gasteiger partial charge in [-0.25, -0.2) is 0 Å². The highest BCUT2D eigenvalue weighted by molar-refractivity contribution is 5.81. The quantitative estimate of drug-likeness (QED) is 0.520. The largest absolute Gasteiger partial charge is 0.460 e. The lowest BCUT2D eigenvalue weighted by molar-refractivity contribution is -0.156. The van der Waals surface area contributed by atoms with Crippen LogP contribution in [-0.4, -0.2) is 17.4 Å². The third kappa shape index (κ3) is 4.86. The Bertz CT molecular complexity index is 240. The molecule has 15 heavy (non-hydrogen) atoms.